The minimum absolute atomic E-state index is 0.0246. The molecule has 2 fully saturated rings. The number of rotatable bonds is 4. The number of fused-ring (bicyclic) bond motifs is 1. The number of likely N-dealkylation sites (N-methyl/N-ethyl adjacent to an activating group) is 1. The fourth-order valence-corrected chi connectivity index (χ4v) is 5.59. The van der Waals surface area contributed by atoms with Crippen molar-refractivity contribution in [3.63, 3.8) is 0 Å². The molecule has 4 rings (SSSR count). The molecule has 0 radical (unpaired) electrons. The average Bonchev–Trinajstić information content (AvgIpc) is 3.08. The lowest BCUT2D eigenvalue weighted by atomic mass is 9.79. The Balaban J connectivity index is 1.41. The number of hydrogen-bond donors (Lipinski definition) is 1. The van der Waals surface area contributed by atoms with Crippen LogP contribution in [0.5, 0.6) is 0 Å². The predicted molar refractivity (Wildman–Crippen MR) is 146 cm³/mol. The predicted octanol–water partition coefficient (Wildman–Crippen LogP) is 3.50. The summed E-state index contributed by atoms with van der Waals surface area (Å²) in [4.78, 5) is 55.5. The fraction of sp³-hybridized carbons (Fsp3) is 0.655. The maximum Gasteiger partial charge on any atom is 0.410 e. The summed E-state index contributed by atoms with van der Waals surface area (Å²) in [6.45, 7) is 7.85. The highest BCUT2D eigenvalue weighted by atomic mass is 16.6. The van der Waals surface area contributed by atoms with Crippen LogP contribution in [0.15, 0.2) is 18.2 Å². The van der Waals surface area contributed by atoms with Crippen molar-refractivity contribution in [3.05, 3.63) is 29.3 Å². The number of nitrogens with one attached hydrogen (secondary N) is 1. The average molecular weight is 546 g/mol. The van der Waals surface area contributed by atoms with E-state index in [-0.39, 0.29) is 49.6 Å². The summed E-state index contributed by atoms with van der Waals surface area (Å²) in [5, 5.41) is 2.96. The van der Waals surface area contributed by atoms with Gasteiger partial charge >= 0.3 is 12.1 Å². The van der Waals surface area contributed by atoms with Gasteiger partial charge in [-0.15, -0.1) is 0 Å². The first-order chi connectivity index (χ1) is 19.8. The van der Waals surface area contributed by atoms with Crippen molar-refractivity contribution in [3.8, 4) is 0 Å². The molecule has 0 spiro atoms. The van der Waals surface area contributed by atoms with Gasteiger partial charge in [-0.2, -0.15) is 0 Å². The van der Waals surface area contributed by atoms with E-state index in [1.54, 1.807) is 9.80 Å². The summed E-state index contributed by atoms with van der Waals surface area (Å²) in [6, 6.07) is 0.157. The molecule has 0 unspecified atom stereocenters. The third kappa shape index (κ3) is 7.02. The van der Waals surface area contributed by atoms with Crippen LogP contribution in [0.25, 0.3) is 0 Å². The Hall–Kier alpha value is -3.30. The van der Waals surface area contributed by atoms with Crippen molar-refractivity contribution in [1.29, 1.82) is 0 Å². The van der Waals surface area contributed by atoms with Crippen LogP contribution in [0.3, 0.4) is 0 Å². The Kier molecular flexibility index (Phi) is 7.50. The number of amides is 3. The SMILES string of the molecule is [2H]CN1Cc2c(cc([2H])c(C(=O)N3CCC(C4CCN(C(=O)OC(C)(C)C)CC4)CC3)c2[2H])N[C@@H](CC(=O)OC)C1=O. The van der Waals surface area contributed by atoms with E-state index in [0.717, 1.165) is 25.7 Å². The molecular weight excluding hydrogens is 500 g/mol. The molecule has 1 atom stereocenters. The molecule has 3 heterocycles. The molecule has 1 aromatic rings. The molecule has 3 aliphatic rings. The molecule has 1 aromatic carbocycles. The fourth-order valence-electron chi connectivity index (χ4n) is 5.59. The van der Waals surface area contributed by atoms with Crippen molar-refractivity contribution in [2.24, 2.45) is 11.8 Å². The first-order valence-corrected chi connectivity index (χ1v) is 13.6. The van der Waals surface area contributed by atoms with Crippen LogP contribution in [-0.2, 0) is 25.6 Å². The molecule has 10 nitrogen and oxygen atoms in total. The number of piperidine rings is 2. The number of benzene rings is 1. The van der Waals surface area contributed by atoms with Crippen LogP contribution < -0.4 is 5.32 Å². The van der Waals surface area contributed by atoms with Gasteiger partial charge in [0.2, 0.25) is 5.91 Å². The summed E-state index contributed by atoms with van der Waals surface area (Å²) < 4.78 is 35.5. The van der Waals surface area contributed by atoms with Crippen LogP contribution >= 0.6 is 0 Å². The normalized spacial score (nSPS) is 22.2. The topological polar surface area (TPSA) is 108 Å². The third-order valence-electron chi connectivity index (χ3n) is 7.75. The molecule has 0 bridgehead atoms. The molecular formula is C29H42N4O6. The largest absolute Gasteiger partial charge is 0.469 e. The zero-order chi connectivity index (χ0) is 30.8. The minimum Gasteiger partial charge on any atom is -0.469 e. The lowest BCUT2D eigenvalue weighted by molar-refractivity contribution is -0.143. The molecule has 0 saturated carbocycles. The van der Waals surface area contributed by atoms with E-state index in [0.29, 0.717) is 49.3 Å². The van der Waals surface area contributed by atoms with E-state index >= 15 is 0 Å². The number of esters is 1. The molecule has 1 N–H and O–H groups in total. The second kappa shape index (κ2) is 11.8. The number of anilines is 1. The molecule has 39 heavy (non-hydrogen) atoms. The Morgan fingerprint density at radius 2 is 1.69 bits per heavy atom. The molecule has 2 saturated heterocycles. The summed E-state index contributed by atoms with van der Waals surface area (Å²) in [7, 11) is 0.840. The summed E-state index contributed by atoms with van der Waals surface area (Å²) in [5.41, 5.74) is 0.123. The van der Waals surface area contributed by atoms with Crippen LogP contribution in [0.1, 0.15) is 72.9 Å². The van der Waals surface area contributed by atoms with Crippen LogP contribution in [0.2, 0.25) is 0 Å². The van der Waals surface area contributed by atoms with Gasteiger partial charge in [0.1, 0.15) is 11.6 Å². The standard InChI is InChI=1S/C29H42N4O6/c1-29(2,3)39-28(37)33-14-10-20(11-15-33)19-8-12-32(13-9-19)26(35)21-6-7-23-22(16-21)18-31(4)27(36)24(30-23)17-25(34)38-5/h6-7,16,19-20,24,30H,8-15,17-18H2,1-5H3/t24-/m0/s1/i4D,6D,16D. The van der Waals surface area contributed by atoms with E-state index < -0.39 is 23.5 Å². The Morgan fingerprint density at radius 3 is 2.26 bits per heavy atom. The van der Waals surface area contributed by atoms with Crippen molar-refractivity contribution in [1.82, 2.24) is 14.7 Å². The lowest BCUT2D eigenvalue weighted by Gasteiger charge is -2.40. The van der Waals surface area contributed by atoms with E-state index in [2.05, 4.69) is 5.32 Å². The van der Waals surface area contributed by atoms with Gasteiger partial charge in [-0.25, -0.2) is 4.79 Å². The molecule has 10 heteroatoms. The van der Waals surface area contributed by atoms with Crippen molar-refractivity contribution >= 4 is 29.6 Å². The smallest absolute Gasteiger partial charge is 0.410 e. The first-order valence-electron chi connectivity index (χ1n) is 15.3. The highest BCUT2D eigenvalue weighted by molar-refractivity contribution is 5.96. The number of ether oxygens (including phenoxy) is 2. The van der Waals surface area contributed by atoms with Crippen LogP contribution in [-0.4, -0.2) is 90.5 Å². The summed E-state index contributed by atoms with van der Waals surface area (Å²) >= 11 is 0. The molecule has 0 aromatic heterocycles. The minimum atomic E-state index is -1.00. The number of carbonyl (C=O) groups is 4. The van der Waals surface area contributed by atoms with Crippen molar-refractivity contribution < 1.29 is 32.8 Å². The van der Waals surface area contributed by atoms with Gasteiger partial charge in [0, 0.05) is 52.4 Å². The Morgan fingerprint density at radius 1 is 1.08 bits per heavy atom. The van der Waals surface area contributed by atoms with E-state index in [1.807, 2.05) is 20.8 Å². The van der Waals surface area contributed by atoms with Gasteiger partial charge in [0.05, 0.1) is 16.3 Å². The highest BCUT2D eigenvalue weighted by Gasteiger charge is 2.34. The first kappa shape index (κ1) is 24.7. The zero-order valence-electron chi connectivity index (χ0n) is 26.4. The summed E-state index contributed by atoms with van der Waals surface area (Å²) in [6.07, 6.45) is 2.88. The number of carbonyl (C=O) groups excluding carboxylic acids is 4. The lowest BCUT2D eigenvalue weighted by Crippen LogP contribution is -2.45. The van der Waals surface area contributed by atoms with E-state index in [4.69, 9.17) is 13.6 Å². The highest BCUT2D eigenvalue weighted by Crippen LogP contribution is 2.34. The Bertz CT molecular complexity index is 1210. The van der Waals surface area contributed by atoms with Gasteiger partial charge in [0.15, 0.2) is 0 Å². The van der Waals surface area contributed by atoms with Crippen molar-refractivity contribution in [2.75, 3.05) is 45.6 Å². The Labute approximate surface area is 235 Å². The van der Waals surface area contributed by atoms with E-state index in [9.17, 15) is 19.2 Å². The zero-order valence-corrected chi connectivity index (χ0v) is 23.4. The molecule has 3 amide bonds. The molecule has 0 aliphatic carbocycles. The second-order valence-corrected chi connectivity index (χ2v) is 11.6. The third-order valence-corrected chi connectivity index (χ3v) is 7.75. The van der Waals surface area contributed by atoms with Gasteiger partial charge in [-0.1, -0.05) is 0 Å². The monoisotopic (exact) mass is 545 g/mol. The number of nitrogens with zero attached hydrogens (tertiary/aromatic N) is 3. The van der Waals surface area contributed by atoms with Gasteiger partial charge in [-0.05, 0) is 82.0 Å². The van der Waals surface area contributed by atoms with Gasteiger partial charge in [-0.3, -0.25) is 14.4 Å². The van der Waals surface area contributed by atoms with E-state index in [1.165, 1.54) is 18.1 Å². The van der Waals surface area contributed by atoms with Gasteiger partial charge in [0.25, 0.3) is 5.91 Å². The van der Waals surface area contributed by atoms with Crippen LogP contribution in [0.4, 0.5) is 10.5 Å². The van der Waals surface area contributed by atoms with Crippen LogP contribution in [0, 0.1) is 11.8 Å². The molecule has 214 valence electrons. The summed E-state index contributed by atoms with van der Waals surface area (Å²) in [5.74, 6) is -0.575. The second-order valence-electron chi connectivity index (χ2n) is 11.6. The quantitative estimate of drug-likeness (QED) is 0.577. The van der Waals surface area contributed by atoms with Gasteiger partial charge < -0.3 is 29.5 Å². The maximum atomic E-state index is 13.6. The molecule has 3 aliphatic heterocycles. The maximum absolute atomic E-state index is 13.6. The number of likely N-dealkylation sites (tertiary alicyclic amines) is 2. The van der Waals surface area contributed by atoms with Crippen molar-refractivity contribution in [2.45, 2.75) is 71.1 Å². The number of methoxy groups -OCH3 is 1. The number of hydrogen-bond acceptors (Lipinski definition) is 7.